The third-order valence-corrected chi connectivity index (χ3v) is 5.04. The van der Waals surface area contributed by atoms with E-state index in [0.29, 0.717) is 6.54 Å². The van der Waals surface area contributed by atoms with Crippen molar-refractivity contribution < 1.29 is 8.42 Å². The first-order valence-corrected chi connectivity index (χ1v) is 7.33. The summed E-state index contributed by atoms with van der Waals surface area (Å²) < 4.78 is 27.1. The van der Waals surface area contributed by atoms with Crippen molar-refractivity contribution in [2.24, 2.45) is 7.05 Å². The van der Waals surface area contributed by atoms with Gasteiger partial charge < -0.3 is 0 Å². The number of hydrogen-bond acceptors (Lipinski definition) is 4. The topological polar surface area (TPSA) is 68.1 Å². The lowest BCUT2D eigenvalue weighted by Crippen LogP contribution is -2.34. The SMILES string of the molecule is CCN(CCCl)S(=O)(=O)c1c(Br)nnn1C. The van der Waals surface area contributed by atoms with Crippen LogP contribution < -0.4 is 0 Å². The van der Waals surface area contributed by atoms with E-state index in [0.717, 1.165) is 0 Å². The average Bonchev–Trinajstić information content (AvgIpc) is 2.55. The molecule has 9 heteroatoms. The largest absolute Gasteiger partial charge is 0.263 e. The minimum absolute atomic E-state index is 0.0412. The Kier molecular flexibility index (Phi) is 4.72. The lowest BCUT2D eigenvalue weighted by molar-refractivity contribution is 0.438. The number of sulfonamides is 1. The first-order chi connectivity index (χ1) is 7.45. The summed E-state index contributed by atoms with van der Waals surface area (Å²) in [6.07, 6.45) is 0. The summed E-state index contributed by atoms with van der Waals surface area (Å²) >= 11 is 8.63. The minimum Gasteiger partial charge on any atom is -0.235 e. The highest BCUT2D eigenvalue weighted by Crippen LogP contribution is 2.21. The van der Waals surface area contributed by atoms with Gasteiger partial charge in [0.2, 0.25) is 5.03 Å². The highest BCUT2D eigenvalue weighted by atomic mass is 79.9. The molecule has 1 heterocycles. The molecule has 92 valence electrons. The Hall–Kier alpha value is -0.180. The van der Waals surface area contributed by atoms with Crippen LogP contribution in [0.1, 0.15) is 6.92 Å². The van der Waals surface area contributed by atoms with Crippen molar-refractivity contribution in [3.05, 3.63) is 4.60 Å². The fourth-order valence-electron chi connectivity index (χ4n) is 1.26. The number of rotatable bonds is 5. The second kappa shape index (κ2) is 5.44. The van der Waals surface area contributed by atoms with E-state index in [9.17, 15) is 8.42 Å². The van der Waals surface area contributed by atoms with Crippen molar-refractivity contribution in [3.63, 3.8) is 0 Å². The molecule has 0 aliphatic heterocycles. The normalized spacial score (nSPS) is 12.3. The average molecular weight is 332 g/mol. The van der Waals surface area contributed by atoms with Crippen LogP contribution in [0.2, 0.25) is 0 Å². The molecule has 0 fully saturated rings. The Balaban J connectivity index is 3.20. The molecule has 0 bridgehead atoms. The van der Waals surface area contributed by atoms with Crippen molar-refractivity contribution in [2.75, 3.05) is 19.0 Å². The van der Waals surface area contributed by atoms with E-state index < -0.39 is 10.0 Å². The van der Waals surface area contributed by atoms with Crippen LogP contribution in [-0.2, 0) is 17.1 Å². The first kappa shape index (κ1) is 13.9. The fourth-order valence-corrected chi connectivity index (χ4v) is 4.05. The van der Waals surface area contributed by atoms with Crippen LogP contribution in [0.15, 0.2) is 9.63 Å². The van der Waals surface area contributed by atoms with Crippen LogP contribution in [0, 0.1) is 0 Å². The van der Waals surface area contributed by atoms with E-state index in [1.165, 1.54) is 16.0 Å². The molecule has 1 rings (SSSR count). The van der Waals surface area contributed by atoms with Crippen LogP contribution in [0.5, 0.6) is 0 Å². The van der Waals surface area contributed by atoms with Crippen molar-refractivity contribution in [3.8, 4) is 0 Å². The van der Waals surface area contributed by atoms with Crippen LogP contribution in [0.3, 0.4) is 0 Å². The molecule has 0 atom stereocenters. The van der Waals surface area contributed by atoms with Crippen LogP contribution in [-0.4, -0.2) is 46.7 Å². The lowest BCUT2D eigenvalue weighted by Gasteiger charge is -2.18. The number of aromatic nitrogens is 3. The molecule has 0 N–H and O–H groups in total. The summed E-state index contributed by atoms with van der Waals surface area (Å²) in [7, 11) is -2.06. The maximum Gasteiger partial charge on any atom is 0.263 e. The van der Waals surface area contributed by atoms with Crippen LogP contribution in [0.4, 0.5) is 0 Å². The summed E-state index contributed by atoms with van der Waals surface area (Å²) in [6.45, 7) is 2.37. The second-order valence-corrected chi connectivity index (χ2v) is 5.98. The lowest BCUT2D eigenvalue weighted by atomic mass is 10.7. The molecule has 0 saturated heterocycles. The standard InChI is InChI=1S/C7H12BrClN4O2S/c1-3-13(5-4-9)16(14,15)7-6(8)10-11-12(7)2/h3-5H2,1-2H3. The van der Waals surface area contributed by atoms with Gasteiger partial charge in [0.25, 0.3) is 10.0 Å². The van der Waals surface area contributed by atoms with Crippen LogP contribution in [0.25, 0.3) is 0 Å². The van der Waals surface area contributed by atoms with Crippen molar-refractivity contribution in [1.82, 2.24) is 19.3 Å². The van der Waals surface area contributed by atoms with Crippen molar-refractivity contribution in [2.45, 2.75) is 11.9 Å². The van der Waals surface area contributed by atoms with Gasteiger partial charge in [-0.2, -0.15) is 4.31 Å². The number of alkyl halides is 1. The number of aryl methyl sites for hydroxylation is 1. The Morgan fingerprint density at radius 3 is 2.56 bits per heavy atom. The zero-order valence-electron chi connectivity index (χ0n) is 8.89. The van der Waals surface area contributed by atoms with Gasteiger partial charge in [-0.15, -0.1) is 16.7 Å². The third-order valence-electron chi connectivity index (χ3n) is 2.01. The van der Waals surface area contributed by atoms with Gasteiger partial charge >= 0.3 is 0 Å². The number of hydrogen-bond donors (Lipinski definition) is 0. The minimum atomic E-state index is -3.59. The Bertz CT molecular complexity index is 441. The molecule has 0 amide bonds. The second-order valence-electron chi connectivity index (χ2n) is 2.99. The Labute approximate surface area is 108 Å². The molecule has 0 aliphatic carbocycles. The summed E-state index contributed by atoms with van der Waals surface area (Å²) in [4.78, 5) is 0. The molecule has 0 spiro atoms. The molecule has 0 aliphatic rings. The summed E-state index contributed by atoms with van der Waals surface area (Å²) in [5.41, 5.74) is 0. The van der Waals surface area contributed by atoms with Crippen molar-refractivity contribution >= 4 is 37.6 Å². The first-order valence-electron chi connectivity index (χ1n) is 4.56. The molecular weight excluding hydrogens is 320 g/mol. The van der Waals surface area contributed by atoms with Gasteiger partial charge in [-0.1, -0.05) is 12.1 Å². The van der Waals surface area contributed by atoms with E-state index in [4.69, 9.17) is 11.6 Å². The fraction of sp³-hybridized carbons (Fsp3) is 0.714. The molecule has 0 radical (unpaired) electrons. The molecule has 1 aromatic rings. The number of nitrogens with zero attached hydrogens (tertiary/aromatic N) is 4. The highest BCUT2D eigenvalue weighted by Gasteiger charge is 2.29. The Morgan fingerprint density at radius 1 is 1.56 bits per heavy atom. The highest BCUT2D eigenvalue weighted by molar-refractivity contribution is 9.10. The molecule has 0 saturated carbocycles. The van der Waals surface area contributed by atoms with E-state index in [2.05, 4.69) is 26.2 Å². The third kappa shape index (κ3) is 2.55. The zero-order valence-corrected chi connectivity index (χ0v) is 12.0. The molecular formula is C7H12BrClN4O2S. The monoisotopic (exact) mass is 330 g/mol. The molecule has 1 aromatic heterocycles. The predicted molar refractivity (Wildman–Crippen MR) is 63.9 cm³/mol. The van der Waals surface area contributed by atoms with Gasteiger partial charge in [-0.3, -0.25) is 0 Å². The van der Waals surface area contributed by atoms with Gasteiger partial charge in [0, 0.05) is 26.0 Å². The Morgan fingerprint density at radius 2 is 2.19 bits per heavy atom. The number of halogens is 2. The van der Waals surface area contributed by atoms with Crippen molar-refractivity contribution in [1.29, 1.82) is 0 Å². The summed E-state index contributed by atoms with van der Waals surface area (Å²) in [5, 5.41) is 7.33. The predicted octanol–water partition coefficient (Wildman–Crippen LogP) is 0.827. The summed E-state index contributed by atoms with van der Waals surface area (Å²) in [5.74, 6) is 0.246. The van der Waals surface area contributed by atoms with E-state index in [-0.39, 0.29) is 22.1 Å². The summed E-state index contributed by atoms with van der Waals surface area (Å²) in [6, 6.07) is 0. The van der Waals surface area contributed by atoms with Gasteiger partial charge in [-0.25, -0.2) is 13.1 Å². The van der Waals surface area contributed by atoms with Gasteiger partial charge in [-0.05, 0) is 15.9 Å². The van der Waals surface area contributed by atoms with E-state index in [1.807, 2.05) is 0 Å². The van der Waals surface area contributed by atoms with Gasteiger partial charge in [0.05, 0.1) is 0 Å². The molecule has 16 heavy (non-hydrogen) atoms. The van der Waals surface area contributed by atoms with E-state index in [1.54, 1.807) is 6.92 Å². The molecule has 6 nitrogen and oxygen atoms in total. The molecule has 0 aromatic carbocycles. The zero-order chi connectivity index (χ0) is 12.3. The quantitative estimate of drug-likeness (QED) is 0.749. The maximum atomic E-state index is 12.2. The maximum absolute atomic E-state index is 12.2. The van der Waals surface area contributed by atoms with Gasteiger partial charge in [0.1, 0.15) is 0 Å². The van der Waals surface area contributed by atoms with E-state index >= 15 is 0 Å². The smallest absolute Gasteiger partial charge is 0.235 e. The van der Waals surface area contributed by atoms with Gasteiger partial charge in [0.15, 0.2) is 4.60 Å². The molecule has 0 unspecified atom stereocenters. The van der Waals surface area contributed by atoms with Crippen LogP contribution >= 0.6 is 27.5 Å².